The Kier molecular flexibility index (Phi) is 4.10. The zero-order chi connectivity index (χ0) is 13.0. The predicted octanol–water partition coefficient (Wildman–Crippen LogP) is 2.47. The number of hydrogen-bond donors (Lipinski definition) is 1. The lowest BCUT2D eigenvalue weighted by Crippen LogP contribution is -2.10. The second-order valence-corrected chi connectivity index (χ2v) is 4.20. The molecule has 18 heavy (non-hydrogen) atoms. The Morgan fingerprint density at radius 2 is 2.17 bits per heavy atom. The highest BCUT2D eigenvalue weighted by Gasteiger charge is 2.09. The fraction of sp³-hybridized carbons (Fsp3) is 0.357. The van der Waals surface area contributed by atoms with Gasteiger partial charge in [-0.05, 0) is 32.2 Å². The van der Waals surface area contributed by atoms with Gasteiger partial charge < -0.3 is 5.32 Å². The van der Waals surface area contributed by atoms with Gasteiger partial charge in [0.2, 0.25) is 0 Å². The van der Waals surface area contributed by atoms with E-state index in [0.29, 0.717) is 0 Å². The normalized spacial score (nSPS) is 10.8. The van der Waals surface area contributed by atoms with Crippen molar-refractivity contribution in [2.75, 3.05) is 13.6 Å². The average molecular weight is 247 g/mol. The van der Waals surface area contributed by atoms with E-state index in [4.69, 9.17) is 0 Å². The van der Waals surface area contributed by atoms with Crippen molar-refractivity contribution >= 4 is 0 Å². The molecule has 0 unspecified atom stereocenters. The van der Waals surface area contributed by atoms with Gasteiger partial charge >= 0.3 is 0 Å². The molecule has 0 aliphatic heterocycles. The topological polar surface area (TPSA) is 29.9 Å². The van der Waals surface area contributed by atoms with Gasteiger partial charge in [0.05, 0.1) is 11.4 Å². The van der Waals surface area contributed by atoms with Gasteiger partial charge in [-0.1, -0.05) is 12.1 Å². The molecule has 0 spiro atoms. The Morgan fingerprint density at radius 1 is 1.33 bits per heavy atom. The smallest absolute Gasteiger partial charge is 0.123 e. The van der Waals surface area contributed by atoms with Crippen LogP contribution in [0.1, 0.15) is 12.6 Å². The summed E-state index contributed by atoms with van der Waals surface area (Å²) in [5, 5.41) is 7.63. The first kappa shape index (κ1) is 12.8. The Morgan fingerprint density at radius 3 is 2.83 bits per heavy atom. The molecule has 0 aliphatic carbocycles. The molecule has 1 N–H and O–H groups in total. The van der Waals surface area contributed by atoms with Crippen molar-refractivity contribution in [3.8, 4) is 11.3 Å². The van der Waals surface area contributed by atoms with Gasteiger partial charge in [-0.15, -0.1) is 0 Å². The zero-order valence-electron chi connectivity index (χ0n) is 10.8. The summed E-state index contributed by atoms with van der Waals surface area (Å²) in [7, 11) is 1.92. The first-order valence-electron chi connectivity index (χ1n) is 6.22. The van der Waals surface area contributed by atoms with Gasteiger partial charge in [-0.25, -0.2) is 4.39 Å². The van der Waals surface area contributed by atoms with Crippen LogP contribution in [0.5, 0.6) is 0 Å². The second-order valence-electron chi connectivity index (χ2n) is 4.20. The van der Waals surface area contributed by atoms with Crippen LogP contribution < -0.4 is 5.32 Å². The molecule has 96 valence electrons. The van der Waals surface area contributed by atoms with Gasteiger partial charge in [-0.3, -0.25) is 4.68 Å². The first-order chi connectivity index (χ1) is 8.74. The minimum Gasteiger partial charge on any atom is -0.319 e. The van der Waals surface area contributed by atoms with Crippen molar-refractivity contribution < 1.29 is 4.39 Å². The van der Waals surface area contributed by atoms with Crippen LogP contribution in [0.25, 0.3) is 11.3 Å². The van der Waals surface area contributed by atoms with Gasteiger partial charge in [0.15, 0.2) is 0 Å². The van der Waals surface area contributed by atoms with Crippen LogP contribution in [0.15, 0.2) is 30.3 Å². The lowest BCUT2D eigenvalue weighted by Gasteiger charge is -2.04. The molecule has 0 atom stereocenters. The molecule has 0 amide bonds. The maximum Gasteiger partial charge on any atom is 0.123 e. The molecule has 0 fully saturated rings. The van der Waals surface area contributed by atoms with Crippen LogP contribution in [0.4, 0.5) is 4.39 Å². The van der Waals surface area contributed by atoms with E-state index in [-0.39, 0.29) is 5.82 Å². The SMILES string of the molecule is CCn1nc(CCNC)cc1-c1cccc(F)c1. The minimum atomic E-state index is -0.215. The van der Waals surface area contributed by atoms with E-state index in [2.05, 4.69) is 10.4 Å². The first-order valence-corrected chi connectivity index (χ1v) is 6.22. The fourth-order valence-electron chi connectivity index (χ4n) is 1.97. The molecule has 1 aromatic carbocycles. The lowest BCUT2D eigenvalue weighted by atomic mass is 10.1. The Bertz CT molecular complexity index is 520. The fourth-order valence-corrected chi connectivity index (χ4v) is 1.97. The summed E-state index contributed by atoms with van der Waals surface area (Å²) >= 11 is 0. The maximum atomic E-state index is 13.3. The van der Waals surface area contributed by atoms with Gasteiger partial charge in [0, 0.05) is 25.1 Å². The van der Waals surface area contributed by atoms with Gasteiger partial charge in [0.1, 0.15) is 5.82 Å². The molecule has 0 radical (unpaired) electrons. The number of nitrogens with zero attached hydrogens (tertiary/aromatic N) is 2. The van der Waals surface area contributed by atoms with Crippen LogP contribution in [0.3, 0.4) is 0 Å². The number of aromatic nitrogens is 2. The Labute approximate surface area is 107 Å². The van der Waals surface area contributed by atoms with Crippen LogP contribution in [0, 0.1) is 5.82 Å². The summed E-state index contributed by atoms with van der Waals surface area (Å²) in [6, 6.07) is 8.68. The number of benzene rings is 1. The van der Waals surface area contributed by atoms with E-state index in [1.807, 2.05) is 30.8 Å². The number of likely N-dealkylation sites (N-methyl/N-ethyl adjacent to an activating group) is 1. The van der Waals surface area contributed by atoms with Crippen LogP contribution in [-0.4, -0.2) is 23.4 Å². The number of aryl methyl sites for hydroxylation is 1. The molecule has 3 nitrogen and oxygen atoms in total. The number of halogens is 1. The molecule has 0 saturated carbocycles. The monoisotopic (exact) mass is 247 g/mol. The molecule has 1 aromatic heterocycles. The summed E-state index contributed by atoms with van der Waals surface area (Å²) in [6.45, 7) is 3.71. The number of rotatable bonds is 5. The summed E-state index contributed by atoms with van der Waals surface area (Å²) < 4.78 is 15.2. The number of hydrogen-bond acceptors (Lipinski definition) is 2. The Hall–Kier alpha value is -1.68. The maximum absolute atomic E-state index is 13.3. The van der Waals surface area contributed by atoms with E-state index < -0.39 is 0 Å². The van der Waals surface area contributed by atoms with Crippen LogP contribution in [0.2, 0.25) is 0 Å². The molecule has 0 bridgehead atoms. The van der Waals surface area contributed by atoms with Crippen LogP contribution in [-0.2, 0) is 13.0 Å². The van der Waals surface area contributed by atoms with Crippen LogP contribution >= 0.6 is 0 Å². The summed E-state index contributed by atoms with van der Waals surface area (Å²) in [6.07, 6.45) is 0.881. The Balaban J connectivity index is 2.34. The largest absolute Gasteiger partial charge is 0.319 e. The molecule has 0 saturated heterocycles. The molecular formula is C14H18FN3. The molecule has 0 aliphatic rings. The summed E-state index contributed by atoms with van der Waals surface area (Å²) in [5.41, 5.74) is 2.88. The summed E-state index contributed by atoms with van der Waals surface area (Å²) in [5.74, 6) is -0.215. The standard InChI is InChI=1S/C14H18FN3/c1-3-18-14(10-13(17-18)7-8-16-2)11-5-4-6-12(15)9-11/h4-6,9-10,16H,3,7-8H2,1-2H3. The van der Waals surface area contributed by atoms with Gasteiger partial charge in [-0.2, -0.15) is 5.10 Å². The third-order valence-electron chi connectivity index (χ3n) is 2.88. The van der Waals surface area contributed by atoms with Crippen molar-refractivity contribution in [3.05, 3.63) is 41.8 Å². The van der Waals surface area contributed by atoms with Gasteiger partial charge in [0.25, 0.3) is 0 Å². The highest BCUT2D eigenvalue weighted by Crippen LogP contribution is 2.21. The van der Waals surface area contributed by atoms with Crippen molar-refractivity contribution in [3.63, 3.8) is 0 Å². The second kappa shape index (κ2) is 5.78. The average Bonchev–Trinajstić information content (AvgIpc) is 2.79. The third-order valence-corrected chi connectivity index (χ3v) is 2.88. The molecular weight excluding hydrogens is 229 g/mol. The van der Waals surface area contributed by atoms with E-state index in [9.17, 15) is 4.39 Å². The minimum absolute atomic E-state index is 0.215. The van der Waals surface area contributed by atoms with E-state index in [1.165, 1.54) is 6.07 Å². The van der Waals surface area contributed by atoms with Crippen molar-refractivity contribution in [1.82, 2.24) is 15.1 Å². The highest BCUT2D eigenvalue weighted by molar-refractivity contribution is 5.60. The zero-order valence-corrected chi connectivity index (χ0v) is 10.8. The highest BCUT2D eigenvalue weighted by atomic mass is 19.1. The lowest BCUT2D eigenvalue weighted by molar-refractivity contribution is 0.626. The van der Waals surface area contributed by atoms with Crippen molar-refractivity contribution in [1.29, 1.82) is 0 Å². The number of nitrogens with one attached hydrogen (secondary N) is 1. The predicted molar refractivity (Wildman–Crippen MR) is 70.9 cm³/mol. The van der Waals surface area contributed by atoms with Crippen molar-refractivity contribution in [2.24, 2.45) is 0 Å². The summed E-state index contributed by atoms with van der Waals surface area (Å²) in [4.78, 5) is 0. The van der Waals surface area contributed by atoms with Crippen molar-refractivity contribution in [2.45, 2.75) is 19.9 Å². The molecule has 2 aromatic rings. The third kappa shape index (κ3) is 2.76. The van der Waals surface area contributed by atoms with E-state index in [1.54, 1.807) is 12.1 Å². The molecule has 4 heteroatoms. The van der Waals surface area contributed by atoms with E-state index >= 15 is 0 Å². The molecule has 1 heterocycles. The van der Waals surface area contributed by atoms with E-state index in [0.717, 1.165) is 36.5 Å². The molecule has 2 rings (SSSR count). The quantitative estimate of drug-likeness (QED) is 0.879.